The summed E-state index contributed by atoms with van der Waals surface area (Å²) < 4.78 is 0. The van der Waals surface area contributed by atoms with Crippen LogP contribution in [0.5, 0.6) is 0 Å². The molecule has 1 saturated heterocycles. The molecule has 14 heavy (non-hydrogen) atoms. The maximum atomic E-state index is 11.3. The number of amides is 1. The van der Waals surface area contributed by atoms with Crippen LogP contribution in [0.4, 0.5) is 0 Å². The summed E-state index contributed by atoms with van der Waals surface area (Å²) in [5.74, 6) is 0.301. The predicted molar refractivity (Wildman–Crippen MR) is 57.8 cm³/mol. The number of carbonyl (C=O) groups excluding carboxylic acids is 1. The van der Waals surface area contributed by atoms with E-state index in [9.17, 15) is 4.79 Å². The molecule has 0 aliphatic carbocycles. The van der Waals surface area contributed by atoms with E-state index < -0.39 is 0 Å². The Hall–Kier alpha value is -0.570. The molecule has 2 N–H and O–H groups in total. The van der Waals surface area contributed by atoms with Gasteiger partial charge in [0.2, 0.25) is 5.91 Å². The van der Waals surface area contributed by atoms with E-state index in [2.05, 4.69) is 11.8 Å². The fraction of sp³-hybridized carbons (Fsp3) is 0.909. The van der Waals surface area contributed by atoms with Gasteiger partial charge in [0, 0.05) is 5.41 Å². The summed E-state index contributed by atoms with van der Waals surface area (Å²) in [5, 5.41) is 0. The first kappa shape index (κ1) is 11.5. The van der Waals surface area contributed by atoms with Gasteiger partial charge in [0.1, 0.15) is 0 Å². The van der Waals surface area contributed by atoms with Gasteiger partial charge in [-0.3, -0.25) is 4.79 Å². The minimum atomic E-state index is -0.334. The van der Waals surface area contributed by atoms with Crippen molar-refractivity contribution in [2.75, 3.05) is 19.6 Å². The molecule has 0 aromatic heterocycles. The second kappa shape index (κ2) is 4.30. The highest BCUT2D eigenvalue weighted by atomic mass is 16.1. The second-order valence-corrected chi connectivity index (χ2v) is 4.79. The number of carbonyl (C=O) groups is 1. The lowest BCUT2D eigenvalue weighted by molar-refractivity contribution is -0.129. The molecule has 0 spiro atoms. The van der Waals surface area contributed by atoms with Crippen LogP contribution in [-0.2, 0) is 4.79 Å². The van der Waals surface area contributed by atoms with Crippen molar-refractivity contribution in [2.24, 2.45) is 17.1 Å². The molecule has 1 amide bonds. The van der Waals surface area contributed by atoms with Crippen molar-refractivity contribution in [3.8, 4) is 0 Å². The Morgan fingerprint density at radius 3 is 2.29 bits per heavy atom. The standard InChI is InChI=1S/C11H22N2O/c1-4-13-7-5-9(6-8-13)11(2,3)10(12)14/h9H,4-8H2,1-3H3,(H2,12,14). The third kappa shape index (κ3) is 2.27. The molecule has 82 valence electrons. The summed E-state index contributed by atoms with van der Waals surface area (Å²) in [5.41, 5.74) is 5.08. The van der Waals surface area contributed by atoms with Crippen molar-refractivity contribution >= 4 is 5.91 Å². The van der Waals surface area contributed by atoms with Gasteiger partial charge in [-0.05, 0) is 38.4 Å². The lowest BCUT2D eigenvalue weighted by Gasteiger charge is -2.38. The number of rotatable bonds is 3. The van der Waals surface area contributed by atoms with Crippen LogP contribution in [-0.4, -0.2) is 30.4 Å². The van der Waals surface area contributed by atoms with Crippen LogP contribution in [0.3, 0.4) is 0 Å². The highest BCUT2D eigenvalue weighted by molar-refractivity contribution is 5.80. The molecule has 0 radical (unpaired) electrons. The molecular weight excluding hydrogens is 176 g/mol. The highest BCUT2D eigenvalue weighted by Crippen LogP contribution is 2.34. The van der Waals surface area contributed by atoms with Gasteiger partial charge >= 0.3 is 0 Å². The Morgan fingerprint density at radius 1 is 1.43 bits per heavy atom. The SMILES string of the molecule is CCN1CCC(C(C)(C)C(N)=O)CC1. The summed E-state index contributed by atoms with van der Waals surface area (Å²) in [6, 6.07) is 0. The number of piperidine rings is 1. The Balaban J connectivity index is 2.53. The molecule has 1 rings (SSSR count). The minimum Gasteiger partial charge on any atom is -0.369 e. The number of nitrogens with two attached hydrogens (primary N) is 1. The Bertz CT molecular complexity index is 205. The Morgan fingerprint density at radius 2 is 1.93 bits per heavy atom. The molecule has 0 bridgehead atoms. The number of nitrogens with zero attached hydrogens (tertiary/aromatic N) is 1. The van der Waals surface area contributed by atoms with Crippen molar-refractivity contribution in [1.29, 1.82) is 0 Å². The second-order valence-electron chi connectivity index (χ2n) is 4.79. The van der Waals surface area contributed by atoms with Crippen molar-refractivity contribution in [3.05, 3.63) is 0 Å². The largest absolute Gasteiger partial charge is 0.369 e. The Kier molecular flexibility index (Phi) is 3.53. The topological polar surface area (TPSA) is 46.3 Å². The first-order valence-electron chi connectivity index (χ1n) is 5.50. The maximum Gasteiger partial charge on any atom is 0.223 e. The molecule has 1 fully saturated rings. The van der Waals surface area contributed by atoms with Gasteiger partial charge in [0.15, 0.2) is 0 Å². The smallest absolute Gasteiger partial charge is 0.223 e. The summed E-state index contributed by atoms with van der Waals surface area (Å²) >= 11 is 0. The molecule has 0 atom stereocenters. The average Bonchev–Trinajstić information content (AvgIpc) is 2.17. The number of hydrogen-bond donors (Lipinski definition) is 1. The van der Waals surface area contributed by atoms with Crippen LogP contribution in [0.25, 0.3) is 0 Å². The molecule has 0 unspecified atom stereocenters. The molecule has 0 saturated carbocycles. The van der Waals surface area contributed by atoms with E-state index in [0.717, 1.165) is 32.5 Å². The van der Waals surface area contributed by atoms with E-state index in [1.54, 1.807) is 0 Å². The minimum absolute atomic E-state index is 0.160. The Labute approximate surface area is 86.6 Å². The average molecular weight is 198 g/mol. The van der Waals surface area contributed by atoms with Gasteiger partial charge in [0.25, 0.3) is 0 Å². The summed E-state index contributed by atoms with van der Waals surface area (Å²) in [7, 11) is 0. The van der Waals surface area contributed by atoms with Crippen molar-refractivity contribution < 1.29 is 4.79 Å². The lowest BCUT2D eigenvalue weighted by Crippen LogP contribution is -2.44. The van der Waals surface area contributed by atoms with E-state index in [-0.39, 0.29) is 11.3 Å². The van der Waals surface area contributed by atoms with Crippen LogP contribution in [0, 0.1) is 11.3 Å². The van der Waals surface area contributed by atoms with Crippen LogP contribution >= 0.6 is 0 Å². The van der Waals surface area contributed by atoms with Gasteiger partial charge in [-0.15, -0.1) is 0 Å². The van der Waals surface area contributed by atoms with E-state index >= 15 is 0 Å². The fourth-order valence-electron chi connectivity index (χ4n) is 2.17. The number of likely N-dealkylation sites (tertiary alicyclic amines) is 1. The molecule has 3 heteroatoms. The van der Waals surface area contributed by atoms with E-state index in [0.29, 0.717) is 5.92 Å². The van der Waals surface area contributed by atoms with Crippen molar-refractivity contribution in [1.82, 2.24) is 4.90 Å². The predicted octanol–water partition coefficient (Wildman–Crippen LogP) is 1.23. The highest BCUT2D eigenvalue weighted by Gasteiger charge is 2.36. The maximum absolute atomic E-state index is 11.3. The van der Waals surface area contributed by atoms with Gasteiger partial charge in [0.05, 0.1) is 0 Å². The third-order valence-corrected chi connectivity index (χ3v) is 3.69. The summed E-state index contributed by atoms with van der Waals surface area (Å²) in [6.07, 6.45) is 2.20. The van der Waals surface area contributed by atoms with Crippen LogP contribution < -0.4 is 5.73 Å². The van der Waals surface area contributed by atoms with Crippen LogP contribution in [0.15, 0.2) is 0 Å². The van der Waals surface area contributed by atoms with Gasteiger partial charge < -0.3 is 10.6 Å². The van der Waals surface area contributed by atoms with Crippen LogP contribution in [0.1, 0.15) is 33.6 Å². The number of hydrogen-bond acceptors (Lipinski definition) is 2. The lowest BCUT2D eigenvalue weighted by atomic mass is 9.73. The normalized spacial score (nSPS) is 21.1. The zero-order chi connectivity index (χ0) is 10.8. The molecule has 1 aliphatic heterocycles. The molecule has 0 aromatic rings. The van der Waals surface area contributed by atoms with Gasteiger partial charge in [-0.2, -0.15) is 0 Å². The summed E-state index contributed by atoms with van der Waals surface area (Å²) in [4.78, 5) is 13.7. The first-order valence-corrected chi connectivity index (χ1v) is 5.50. The quantitative estimate of drug-likeness (QED) is 0.741. The molecule has 3 nitrogen and oxygen atoms in total. The number of primary amides is 1. The monoisotopic (exact) mass is 198 g/mol. The molecule has 1 heterocycles. The van der Waals surface area contributed by atoms with E-state index in [1.807, 2.05) is 13.8 Å². The third-order valence-electron chi connectivity index (χ3n) is 3.69. The van der Waals surface area contributed by atoms with E-state index in [1.165, 1.54) is 0 Å². The molecule has 0 aromatic carbocycles. The molecule has 1 aliphatic rings. The zero-order valence-electron chi connectivity index (χ0n) is 9.55. The molecular formula is C11H22N2O. The van der Waals surface area contributed by atoms with E-state index in [4.69, 9.17) is 5.73 Å². The first-order chi connectivity index (χ1) is 6.48. The van der Waals surface area contributed by atoms with Crippen molar-refractivity contribution in [2.45, 2.75) is 33.6 Å². The van der Waals surface area contributed by atoms with Crippen molar-refractivity contribution in [3.63, 3.8) is 0 Å². The van der Waals surface area contributed by atoms with Gasteiger partial charge in [-0.25, -0.2) is 0 Å². The summed E-state index contributed by atoms with van der Waals surface area (Å²) in [6.45, 7) is 9.46. The zero-order valence-corrected chi connectivity index (χ0v) is 9.55. The van der Waals surface area contributed by atoms with Crippen LogP contribution in [0.2, 0.25) is 0 Å². The fourth-order valence-corrected chi connectivity index (χ4v) is 2.17. The van der Waals surface area contributed by atoms with Gasteiger partial charge in [-0.1, -0.05) is 20.8 Å².